The average molecular weight is 167 g/mol. The molecule has 0 aromatic carbocycles. The van der Waals surface area contributed by atoms with Crippen LogP contribution in [0.4, 0.5) is 0 Å². The summed E-state index contributed by atoms with van der Waals surface area (Å²) in [5.74, 6) is 1.58. The molecule has 0 saturated carbocycles. The lowest BCUT2D eigenvalue weighted by atomic mass is 10.1. The second-order valence-corrected chi connectivity index (χ2v) is 3.13. The van der Waals surface area contributed by atoms with E-state index in [-0.39, 0.29) is 0 Å². The number of rotatable bonds is 4. The normalized spacial score (nSPS) is 13.2. The predicted molar refractivity (Wildman–Crippen MR) is 50.1 cm³/mol. The molecule has 0 aliphatic carbocycles. The highest BCUT2D eigenvalue weighted by Gasteiger charge is 2.05. The number of imidazole rings is 1. The molecular weight excluding hydrogens is 150 g/mol. The highest BCUT2D eigenvalue weighted by Crippen LogP contribution is 2.15. The van der Waals surface area contributed by atoms with Crippen molar-refractivity contribution in [1.82, 2.24) is 9.97 Å². The van der Waals surface area contributed by atoms with Crippen molar-refractivity contribution in [3.8, 4) is 0 Å². The summed E-state index contributed by atoms with van der Waals surface area (Å²) < 4.78 is 0. The lowest BCUT2D eigenvalue weighted by molar-refractivity contribution is 0.709. The molecule has 0 bridgehead atoms. The standard InChI is InChI=1S/C9H17N3/c1-3-7(2)8-6-11-9(12-8)4-5-10/h6-7H,3-5,10H2,1-2H3,(H,11,12). The van der Waals surface area contributed by atoms with Crippen LogP contribution in [0.3, 0.4) is 0 Å². The molecule has 1 unspecified atom stereocenters. The van der Waals surface area contributed by atoms with Crippen molar-refractivity contribution in [3.63, 3.8) is 0 Å². The van der Waals surface area contributed by atoms with Gasteiger partial charge in [0.1, 0.15) is 5.82 Å². The van der Waals surface area contributed by atoms with E-state index >= 15 is 0 Å². The number of nitrogens with zero attached hydrogens (tertiary/aromatic N) is 1. The first-order chi connectivity index (χ1) is 5.77. The Balaban J connectivity index is 2.63. The molecular formula is C9H17N3. The maximum Gasteiger partial charge on any atom is 0.107 e. The first-order valence-electron chi connectivity index (χ1n) is 4.51. The van der Waals surface area contributed by atoms with E-state index in [1.807, 2.05) is 6.20 Å². The number of aromatic nitrogens is 2. The maximum atomic E-state index is 5.42. The molecule has 0 fully saturated rings. The number of aromatic amines is 1. The summed E-state index contributed by atoms with van der Waals surface area (Å²) in [5, 5.41) is 0. The van der Waals surface area contributed by atoms with Crippen molar-refractivity contribution >= 4 is 0 Å². The van der Waals surface area contributed by atoms with E-state index in [4.69, 9.17) is 5.73 Å². The van der Waals surface area contributed by atoms with Gasteiger partial charge in [0.2, 0.25) is 0 Å². The topological polar surface area (TPSA) is 54.7 Å². The van der Waals surface area contributed by atoms with Gasteiger partial charge in [0.25, 0.3) is 0 Å². The highest BCUT2D eigenvalue weighted by molar-refractivity contribution is 5.06. The third-order valence-electron chi connectivity index (χ3n) is 2.17. The molecule has 0 aliphatic rings. The van der Waals surface area contributed by atoms with Crippen LogP contribution in [-0.4, -0.2) is 16.5 Å². The Bertz CT molecular complexity index is 229. The van der Waals surface area contributed by atoms with E-state index in [1.165, 1.54) is 5.69 Å². The van der Waals surface area contributed by atoms with Gasteiger partial charge in [-0.3, -0.25) is 0 Å². The quantitative estimate of drug-likeness (QED) is 0.712. The fraction of sp³-hybridized carbons (Fsp3) is 0.667. The second-order valence-electron chi connectivity index (χ2n) is 3.13. The Kier molecular flexibility index (Phi) is 3.29. The summed E-state index contributed by atoms with van der Waals surface area (Å²) in [7, 11) is 0. The third-order valence-corrected chi connectivity index (χ3v) is 2.17. The lowest BCUT2D eigenvalue weighted by Crippen LogP contribution is -2.04. The molecule has 3 N–H and O–H groups in total. The molecule has 3 heteroatoms. The molecule has 0 amide bonds. The molecule has 0 aliphatic heterocycles. The van der Waals surface area contributed by atoms with Crippen LogP contribution in [0, 0.1) is 0 Å². The van der Waals surface area contributed by atoms with Gasteiger partial charge in [0.15, 0.2) is 0 Å². The minimum absolute atomic E-state index is 0.573. The van der Waals surface area contributed by atoms with Gasteiger partial charge in [-0.15, -0.1) is 0 Å². The van der Waals surface area contributed by atoms with Gasteiger partial charge in [-0.2, -0.15) is 0 Å². The van der Waals surface area contributed by atoms with Crippen LogP contribution in [-0.2, 0) is 6.42 Å². The van der Waals surface area contributed by atoms with Gasteiger partial charge in [-0.05, 0) is 18.9 Å². The minimum atomic E-state index is 0.573. The van der Waals surface area contributed by atoms with Gasteiger partial charge >= 0.3 is 0 Å². The lowest BCUT2D eigenvalue weighted by Gasteiger charge is -2.03. The summed E-state index contributed by atoms with van der Waals surface area (Å²) >= 11 is 0. The summed E-state index contributed by atoms with van der Waals surface area (Å²) in [6.07, 6.45) is 3.90. The van der Waals surface area contributed by atoms with Crippen LogP contribution in [0.15, 0.2) is 6.20 Å². The van der Waals surface area contributed by atoms with Crippen LogP contribution in [0.25, 0.3) is 0 Å². The van der Waals surface area contributed by atoms with E-state index in [2.05, 4.69) is 23.8 Å². The van der Waals surface area contributed by atoms with E-state index in [0.29, 0.717) is 12.5 Å². The van der Waals surface area contributed by atoms with E-state index in [0.717, 1.165) is 18.7 Å². The largest absolute Gasteiger partial charge is 0.346 e. The number of hydrogen-bond acceptors (Lipinski definition) is 2. The van der Waals surface area contributed by atoms with E-state index in [9.17, 15) is 0 Å². The molecule has 1 aromatic heterocycles. The molecule has 3 nitrogen and oxygen atoms in total. The smallest absolute Gasteiger partial charge is 0.107 e. The van der Waals surface area contributed by atoms with Crippen LogP contribution < -0.4 is 5.73 Å². The van der Waals surface area contributed by atoms with Gasteiger partial charge in [0.05, 0.1) is 0 Å². The summed E-state index contributed by atoms with van der Waals surface area (Å²) in [6.45, 7) is 5.03. The predicted octanol–water partition coefficient (Wildman–Crippen LogP) is 1.42. The summed E-state index contributed by atoms with van der Waals surface area (Å²) in [6, 6.07) is 0. The van der Waals surface area contributed by atoms with Crippen molar-refractivity contribution in [2.75, 3.05) is 6.54 Å². The Hall–Kier alpha value is -0.830. The monoisotopic (exact) mass is 167 g/mol. The third kappa shape index (κ3) is 2.08. The van der Waals surface area contributed by atoms with E-state index in [1.54, 1.807) is 0 Å². The zero-order chi connectivity index (χ0) is 8.97. The van der Waals surface area contributed by atoms with Crippen LogP contribution in [0.1, 0.15) is 37.7 Å². The van der Waals surface area contributed by atoms with Crippen molar-refractivity contribution < 1.29 is 0 Å². The highest BCUT2D eigenvalue weighted by atomic mass is 14.9. The zero-order valence-corrected chi connectivity index (χ0v) is 7.80. The number of hydrogen-bond donors (Lipinski definition) is 2. The molecule has 12 heavy (non-hydrogen) atoms. The van der Waals surface area contributed by atoms with Crippen molar-refractivity contribution in [3.05, 3.63) is 17.7 Å². The molecule has 1 aromatic rings. The molecule has 1 heterocycles. The van der Waals surface area contributed by atoms with Crippen LogP contribution in [0.5, 0.6) is 0 Å². The second kappa shape index (κ2) is 4.26. The summed E-state index contributed by atoms with van der Waals surface area (Å²) in [4.78, 5) is 7.51. The SMILES string of the molecule is CCC(C)c1cnc(CCN)[nH]1. The maximum absolute atomic E-state index is 5.42. The van der Waals surface area contributed by atoms with Crippen LogP contribution in [0.2, 0.25) is 0 Å². The average Bonchev–Trinajstić information content (AvgIpc) is 2.52. The molecule has 0 saturated heterocycles. The molecule has 1 atom stereocenters. The van der Waals surface area contributed by atoms with Gasteiger partial charge in [0, 0.05) is 18.3 Å². The van der Waals surface area contributed by atoms with Crippen molar-refractivity contribution in [2.24, 2.45) is 5.73 Å². The van der Waals surface area contributed by atoms with Crippen molar-refractivity contribution in [1.29, 1.82) is 0 Å². The fourth-order valence-corrected chi connectivity index (χ4v) is 1.11. The van der Waals surface area contributed by atoms with Crippen molar-refractivity contribution in [2.45, 2.75) is 32.6 Å². The zero-order valence-electron chi connectivity index (χ0n) is 7.80. The minimum Gasteiger partial charge on any atom is -0.346 e. The Morgan fingerprint density at radius 1 is 1.67 bits per heavy atom. The van der Waals surface area contributed by atoms with Crippen LogP contribution >= 0.6 is 0 Å². The first-order valence-corrected chi connectivity index (χ1v) is 4.51. The van der Waals surface area contributed by atoms with Gasteiger partial charge in [-0.25, -0.2) is 4.98 Å². The van der Waals surface area contributed by atoms with Gasteiger partial charge < -0.3 is 10.7 Å². The molecule has 68 valence electrons. The molecule has 1 rings (SSSR count). The Morgan fingerprint density at radius 2 is 2.42 bits per heavy atom. The summed E-state index contributed by atoms with van der Waals surface area (Å²) in [5.41, 5.74) is 6.64. The Morgan fingerprint density at radius 3 is 3.00 bits per heavy atom. The number of nitrogens with one attached hydrogen (secondary N) is 1. The van der Waals surface area contributed by atoms with Gasteiger partial charge in [-0.1, -0.05) is 13.8 Å². The number of H-pyrrole nitrogens is 1. The molecule has 0 radical (unpaired) electrons. The van der Waals surface area contributed by atoms with E-state index < -0.39 is 0 Å². The first kappa shape index (κ1) is 9.26. The number of nitrogens with two attached hydrogens (primary N) is 1. The Labute approximate surface area is 73.4 Å². The molecule has 0 spiro atoms. The fourth-order valence-electron chi connectivity index (χ4n) is 1.11.